The molecule has 0 saturated carbocycles. The Bertz CT molecular complexity index is 44.3. The maximum absolute atomic E-state index is 9.67. The molecule has 0 fully saturated rings. The first-order valence-corrected chi connectivity index (χ1v) is 2.06. The van der Waals surface area contributed by atoms with Crippen LogP contribution in [0, 0.1) is 4.78 Å². The van der Waals surface area contributed by atoms with E-state index in [1.807, 2.05) is 0 Å². The van der Waals surface area contributed by atoms with Crippen molar-refractivity contribution in [1.82, 2.24) is 0 Å². The maximum atomic E-state index is 9.67. The molecule has 0 aliphatic rings. The Balaban J connectivity index is -0.0000000339. The summed E-state index contributed by atoms with van der Waals surface area (Å²) in [5, 5.41) is 0. The molecule has 0 spiro atoms. The molecular formula is C2H5F6LiNS. The second kappa shape index (κ2) is 22.4. The smallest absolute Gasteiger partial charge is 0.286 e. The number of hydrogen-bond donors (Lipinski definition) is 1. The number of alkyl halides is 6. The van der Waals surface area contributed by atoms with Crippen LogP contribution in [0.3, 0.4) is 0 Å². The monoisotopic (exact) mass is 196 g/mol. The fraction of sp³-hybridized carbons (Fsp3) is 1.00. The van der Waals surface area contributed by atoms with E-state index in [2.05, 4.69) is 12.4 Å². The van der Waals surface area contributed by atoms with Crippen molar-refractivity contribution < 1.29 is 26.3 Å². The minimum Gasteiger partial charge on any atom is -0.286 e. The maximum Gasteiger partial charge on any atom is 0.379 e. The first kappa shape index (κ1) is 22.5. The van der Waals surface area contributed by atoms with E-state index in [4.69, 9.17) is 4.78 Å². The van der Waals surface area contributed by atoms with Crippen LogP contribution in [-0.4, -0.2) is 32.2 Å². The molecule has 11 heavy (non-hydrogen) atoms. The van der Waals surface area contributed by atoms with Crippen LogP contribution in [0.15, 0.2) is 0 Å². The van der Waals surface area contributed by atoms with Gasteiger partial charge < -0.3 is 0 Å². The van der Waals surface area contributed by atoms with Gasteiger partial charge in [-0.1, -0.05) is 0 Å². The SMILES string of the molecule is FC(F)F.FC(F)F.N=[SH2].[Li]. The third-order valence-corrected chi connectivity index (χ3v) is 0. The van der Waals surface area contributed by atoms with Gasteiger partial charge in [0.25, 0.3) is 0 Å². The fourth-order valence-corrected chi connectivity index (χ4v) is 0. The molecule has 1 radical (unpaired) electrons. The Labute approximate surface area is 76.3 Å². The zero-order chi connectivity index (χ0) is 9.15. The van der Waals surface area contributed by atoms with E-state index in [-0.39, 0.29) is 18.9 Å². The molecule has 0 bridgehead atoms. The summed E-state index contributed by atoms with van der Waals surface area (Å²) in [5.41, 5.74) is 0. The van der Waals surface area contributed by atoms with Gasteiger partial charge in [0, 0.05) is 18.9 Å². The summed E-state index contributed by atoms with van der Waals surface area (Å²) in [7, 11) is 0. The van der Waals surface area contributed by atoms with Gasteiger partial charge in [-0.3, -0.25) is 4.78 Å². The van der Waals surface area contributed by atoms with Crippen molar-refractivity contribution >= 4 is 31.3 Å². The molecule has 0 amide bonds. The average Bonchev–Trinajstić information content (AvgIpc) is 1.66. The number of halogens is 6. The second-order valence-corrected chi connectivity index (χ2v) is 0.495. The zero-order valence-electron chi connectivity index (χ0n) is 5.42. The summed E-state index contributed by atoms with van der Waals surface area (Å²) in [5.74, 6) is 0. The van der Waals surface area contributed by atoms with Gasteiger partial charge in [0.05, 0.1) is 0 Å². The summed E-state index contributed by atoms with van der Waals surface area (Å²) in [6.07, 6.45) is 0. The molecule has 0 aromatic rings. The molecule has 0 unspecified atom stereocenters. The van der Waals surface area contributed by atoms with Crippen LogP contribution in [0.2, 0.25) is 0 Å². The van der Waals surface area contributed by atoms with Crippen molar-refractivity contribution in [2.75, 3.05) is 0 Å². The van der Waals surface area contributed by atoms with Crippen molar-refractivity contribution in [3.8, 4) is 0 Å². The molecule has 0 saturated heterocycles. The van der Waals surface area contributed by atoms with Gasteiger partial charge in [-0.25, -0.2) is 0 Å². The first-order chi connectivity index (χ1) is 4.46. The molecule has 0 aromatic carbocycles. The predicted molar refractivity (Wildman–Crippen MR) is 32.9 cm³/mol. The van der Waals surface area contributed by atoms with Crippen LogP contribution in [0.1, 0.15) is 0 Å². The minimum atomic E-state index is -3.67. The molecule has 0 aliphatic carbocycles. The molecule has 0 atom stereocenters. The van der Waals surface area contributed by atoms with Gasteiger partial charge in [-0.15, -0.1) is 12.4 Å². The molecule has 1 N–H and O–H groups in total. The predicted octanol–water partition coefficient (Wildman–Crippen LogP) is 1.74. The van der Waals surface area contributed by atoms with Crippen molar-refractivity contribution in [3.05, 3.63) is 0 Å². The molecule has 0 aromatic heterocycles. The van der Waals surface area contributed by atoms with Gasteiger partial charge in [-0.2, -0.15) is 26.3 Å². The molecule has 0 aliphatic heterocycles. The fourth-order valence-electron chi connectivity index (χ4n) is 0. The van der Waals surface area contributed by atoms with E-state index < -0.39 is 13.4 Å². The summed E-state index contributed by atoms with van der Waals surface area (Å²) in [6, 6.07) is 0. The average molecular weight is 196 g/mol. The first-order valence-electron chi connectivity index (χ1n) is 1.56. The Kier molecular flexibility index (Phi) is 45.9. The topological polar surface area (TPSA) is 23.9 Å². The largest absolute Gasteiger partial charge is 0.379 e. The molecular weight excluding hydrogens is 191 g/mol. The van der Waals surface area contributed by atoms with E-state index in [9.17, 15) is 26.3 Å². The van der Waals surface area contributed by atoms with E-state index in [1.165, 1.54) is 0 Å². The number of rotatable bonds is 0. The van der Waals surface area contributed by atoms with Gasteiger partial charge >= 0.3 is 13.4 Å². The van der Waals surface area contributed by atoms with Gasteiger partial charge in [0.2, 0.25) is 0 Å². The van der Waals surface area contributed by atoms with Gasteiger partial charge in [-0.05, 0) is 0 Å². The summed E-state index contributed by atoms with van der Waals surface area (Å²) in [6.45, 7) is -7.33. The van der Waals surface area contributed by atoms with Crippen molar-refractivity contribution in [1.29, 1.82) is 4.78 Å². The number of nitrogens with one attached hydrogen (secondary N) is 1. The standard InChI is InChI=1S/2CHF3.Li.H3NS/c2*2-1(3)4;;1-2/h2*1H;;1H,2H2. The van der Waals surface area contributed by atoms with Crippen molar-refractivity contribution in [2.45, 2.75) is 13.4 Å². The van der Waals surface area contributed by atoms with Gasteiger partial charge in [0.15, 0.2) is 0 Å². The summed E-state index contributed by atoms with van der Waals surface area (Å²) < 4.78 is 63.6. The van der Waals surface area contributed by atoms with Crippen LogP contribution in [0.25, 0.3) is 0 Å². The third-order valence-electron chi connectivity index (χ3n) is 0. The Hall–Kier alpha value is 0.327. The normalized spacial score (nSPS) is 7.00. The molecule has 67 valence electrons. The molecule has 1 nitrogen and oxygen atoms in total. The molecule has 9 heteroatoms. The third kappa shape index (κ3) is 6680. The minimum absolute atomic E-state index is 0. The zero-order valence-corrected chi connectivity index (χ0v) is 6.42. The molecule has 0 heterocycles. The van der Waals surface area contributed by atoms with E-state index in [0.717, 1.165) is 0 Å². The van der Waals surface area contributed by atoms with E-state index >= 15 is 0 Å². The van der Waals surface area contributed by atoms with Crippen LogP contribution in [0.4, 0.5) is 26.3 Å². The Morgan fingerprint density at radius 2 is 0.727 bits per heavy atom. The van der Waals surface area contributed by atoms with Crippen LogP contribution in [0.5, 0.6) is 0 Å². The summed E-state index contributed by atoms with van der Waals surface area (Å²) >= 11 is 2.22. The second-order valence-electron chi connectivity index (χ2n) is 0.495. The van der Waals surface area contributed by atoms with E-state index in [1.54, 1.807) is 0 Å². The van der Waals surface area contributed by atoms with Crippen LogP contribution < -0.4 is 0 Å². The quantitative estimate of drug-likeness (QED) is 0.450. The van der Waals surface area contributed by atoms with Gasteiger partial charge in [0.1, 0.15) is 0 Å². The Morgan fingerprint density at radius 3 is 0.727 bits per heavy atom. The molecule has 0 rings (SSSR count). The Morgan fingerprint density at radius 1 is 0.727 bits per heavy atom. The summed E-state index contributed by atoms with van der Waals surface area (Å²) in [4.78, 5) is 0. The van der Waals surface area contributed by atoms with Crippen LogP contribution in [-0.2, 0) is 12.4 Å². The van der Waals surface area contributed by atoms with Crippen LogP contribution >= 0.6 is 0 Å². The van der Waals surface area contributed by atoms with E-state index in [0.29, 0.717) is 0 Å². The van der Waals surface area contributed by atoms with Crippen molar-refractivity contribution in [2.24, 2.45) is 0 Å². The van der Waals surface area contributed by atoms with Crippen molar-refractivity contribution in [3.63, 3.8) is 0 Å². The number of hydrogen-bond acceptors (Lipinski definition) is 1.